The Bertz CT molecular complexity index is 417. The number of anilines is 1. The van der Waals surface area contributed by atoms with Crippen LogP contribution in [0.25, 0.3) is 0 Å². The fraction of sp³-hybridized carbons (Fsp3) is 0.571. The van der Waals surface area contributed by atoms with Gasteiger partial charge in [-0.2, -0.15) is 0 Å². The molecule has 2 nitrogen and oxygen atoms in total. The molecule has 0 bridgehead atoms. The molecule has 0 heterocycles. The van der Waals surface area contributed by atoms with Crippen molar-refractivity contribution in [3.8, 4) is 0 Å². The molecule has 0 atom stereocenters. The summed E-state index contributed by atoms with van der Waals surface area (Å²) in [4.78, 5) is 2.45. The summed E-state index contributed by atoms with van der Waals surface area (Å²) in [6.45, 7) is 0.925. The maximum Gasteiger partial charge on any atom is 0.0504 e. The zero-order valence-electron chi connectivity index (χ0n) is 11.2. The molecule has 0 spiro atoms. The number of halogens is 3. The lowest BCUT2D eigenvalue weighted by Gasteiger charge is -2.31. The van der Waals surface area contributed by atoms with E-state index in [1.807, 2.05) is 6.07 Å². The minimum Gasteiger partial charge on any atom is -0.398 e. The third kappa shape index (κ3) is 4.73. The SMILES string of the molecule is Br.CN(Cc1cc(Br)cc(Br)c1N)C1CCCCC1. The molecule has 0 saturated heterocycles. The Kier molecular flexibility index (Phi) is 7.36. The van der Waals surface area contributed by atoms with Crippen molar-refractivity contribution >= 4 is 54.5 Å². The highest BCUT2D eigenvalue weighted by molar-refractivity contribution is 9.11. The standard InChI is InChI=1S/C14H20Br2N2.BrH/c1-18(12-5-3-2-4-6-12)9-10-7-11(15)8-13(16)14(10)17;/h7-8,12H,2-6,9,17H2,1H3;1H. The van der Waals surface area contributed by atoms with E-state index in [1.54, 1.807) is 0 Å². The van der Waals surface area contributed by atoms with E-state index < -0.39 is 0 Å². The topological polar surface area (TPSA) is 29.3 Å². The fourth-order valence-corrected chi connectivity index (χ4v) is 4.00. The van der Waals surface area contributed by atoms with Crippen LogP contribution in [-0.4, -0.2) is 18.0 Å². The second kappa shape index (κ2) is 8.01. The summed E-state index contributed by atoms with van der Waals surface area (Å²) in [6, 6.07) is 4.84. The molecule has 1 aromatic rings. The first kappa shape index (κ1) is 17.5. The third-order valence-corrected chi connectivity index (χ3v) is 4.91. The third-order valence-electron chi connectivity index (χ3n) is 3.80. The van der Waals surface area contributed by atoms with Crippen molar-refractivity contribution < 1.29 is 0 Å². The van der Waals surface area contributed by atoms with E-state index in [-0.39, 0.29) is 17.0 Å². The summed E-state index contributed by atoms with van der Waals surface area (Å²) in [7, 11) is 2.21. The van der Waals surface area contributed by atoms with Crippen LogP contribution in [0.3, 0.4) is 0 Å². The van der Waals surface area contributed by atoms with Crippen LogP contribution in [0.1, 0.15) is 37.7 Å². The van der Waals surface area contributed by atoms with Crippen molar-refractivity contribution in [2.45, 2.75) is 44.7 Å². The molecule has 1 saturated carbocycles. The molecule has 1 aliphatic rings. The lowest BCUT2D eigenvalue weighted by Crippen LogP contribution is -2.33. The normalized spacial score (nSPS) is 16.4. The van der Waals surface area contributed by atoms with E-state index in [0.717, 1.165) is 27.2 Å². The van der Waals surface area contributed by atoms with Crippen LogP contribution >= 0.6 is 48.8 Å². The molecule has 0 aliphatic heterocycles. The predicted octanol–water partition coefficient (Wildman–Crippen LogP) is 5.14. The van der Waals surface area contributed by atoms with Gasteiger partial charge in [-0.3, -0.25) is 4.90 Å². The molecule has 0 aromatic heterocycles. The smallest absolute Gasteiger partial charge is 0.0504 e. The van der Waals surface area contributed by atoms with Crippen LogP contribution in [0, 0.1) is 0 Å². The van der Waals surface area contributed by atoms with E-state index in [2.05, 4.69) is 49.9 Å². The minimum atomic E-state index is 0. The molecule has 0 amide bonds. The van der Waals surface area contributed by atoms with Crippen molar-refractivity contribution in [1.82, 2.24) is 4.90 Å². The zero-order valence-corrected chi connectivity index (χ0v) is 16.0. The summed E-state index contributed by atoms with van der Waals surface area (Å²) in [5.41, 5.74) is 8.20. The molecule has 5 heteroatoms. The maximum absolute atomic E-state index is 6.13. The van der Waals surface area contributed by atoms with Gasteiger partial charge in [-0.1, -0.05) is 35.2 Å². The maximum atomic E-state index is 6.13. The molecular weight excluding hydrogens is 436 g/mol. The Hall–Kier alpha value is 0.420. The largest absolute Gasteiger partial charge is 0.398 e. The van der Waals surface area contributed by atoms with E-state index in [9.17, 15) is 0 Å². The number of hydrogen-bond acceptors (Lipinski definition) is 2. The molecule has 2 N–H and O–H groups in total. The summed E-state index contributed by atoms with van der Waals surface area (Å²) in [5.74, 6) is 0. The van der Waals surface area contributed by atoms with Crippen LogP contribution in [0.5, 0.6) is 0 Å². The van der Waals surface area contributed by atoms with Gasteiger partial charge in [0, 0.05) is 21.5 Å². The Labute approximate surface area is 143 Å². The Morgan fingerprint density at radius 1 is 1.21 bits per heavy atom. The van der Waals surface area contributed by atoms with E-state index in [0.29, 0.717) is 0 Å². The average molecular weight is 457 g/mol. The van der Waals surface area contributed by atoms with Gasteiger partial charge in [0.1, 0.15) is 0 Å². The quantitative estimate of drug-likeness (QED) is 0.638. The van der Waals surface area contributed by atoms with Gasteiger partial charge < -0.3 is 5.73 Å². The van der Waals surface area contributed by atoms with Crippen molar-refractivity contribution in [2.75, 3.05) is 12.8 Å². The molecular formula is C14H21Br3N2. The molecule has 1 aromatic carbocycles. The van der Waals surface area contributed by atoms with Crippen molar-refractivity contribution in [1.29, 1.82) is 0 Å². The number of nitrogens with two attached hydrogens (primary N) is 1. The van der Waals surface area contributed by atoms with Crippen molar-refractivity contribution in [2.24, 2.45) is 0 Å². The molecule has 19 heavy (non-hydrogen) atoms. The summed E-state index contributed by atoms with van der Waals surface area (Å²) < 4.78 is 2.06. The second-order valence-electron chi connectivity index (χ2n) is 5.17. The van der Waals surface area contributed by atoms with Crippen LogP contribution in [0.15, 0.2) is 21.1 Å². The van der Waals surface area contributed by atoms with Crippen LogP contribution < -0.4 is 5.73 Å². The van der Waals surface area contributed by atoms with Gasteiger partial charge in [-0.25, -0.2) is 0 Å². The molecule has 2 rings (SSSR count). The molecule has 0 unspecified atom stereocenters. The lowest BCUT2D eigenvalue weighted by molar-refractivity contribution is 0.185. The van der Waals surface area contributed by atoms with E-state index >= 15 is 0 Å². The summed E-state index contributed by atoms with van der Waals surface area (Å²) >= 11 is 7.04. The first-order chi connectivity index (χ1) is 8.58. The highest BCUT2D eigenvalue weighted by Gasteiger charge is 2.19. The predicted molar refractivity (Wildman–Crippen MR) is 94.9 cm³/mol. The molecule has 1 fully saturated rings. The molecule has 108 valence electrons. The van der Waals surface area contributed by atoms with Crippen LogP contribution in [0.4, 0.5) is 5.69 Å². The molecule has 0 radical (unpaired) electrons. The molecule has 1 aliphatic carbocycles. The zero-order chi connectivity index (χ0) is 13.1. The van der Waals surface area contributed by atoms with Gasteiger partial charge in [-0.15, -0.1) is 17.0 Å². The number of nitrogens with zero attached hydrogens (tertiary/aromatic N) is 1. The van der Waals surface area contributed by atoms with Crippen LogP contribution in [0.2, 0.25) is 0 Å². The van der Waals surface area contributed by atoms with Crippen molar-refractivity contribution in [3.05, 3.63) is 26.6 Å². The van der Waals surface area contributed by atoms with Gasteiger partial charge in [0.2, 0.25) is 0 Å². The van der Waals surface area contributed by atoms with Gasteiger partial charge in [0.05, 0.1) is 5.69 Å². The first-order valence-electron chi connectivity index (χ1n) is 6.51. The summed E-state index contributed by atoms with van der Waals surface area (Å²) in [6.07, 6.45) is 6.78. The van der Waals surface area contributed by atoms with E-state index in [1.165, 1.54) is 37.7 Å². The van der Waals surface area contributed by atoms with Gasteiger partial charge in [0.25, 0.3) is 0 Å². The van der Waals surface area contributed by atoms with Gasteiger partial charge in [-0.05, 0) is 53.5 Å². The summed E-state index contributed by atoms with van der Waals surface area (Å²) in [5, 5.41) is 0. The fourth-order valence-electron chi connectivity index (χ4n) is 2.69. The minimum absolute atomic E-state index is 0. The lowest BCUT2D eigenvalue weighted by atomic mass is 9.94. The van der Waals surface area contributed by atoms with Crippen molar-refractivity contribution in [3.63, 3.8) is 0 Å². The van der Waals surface area contributed by atoms with Crippen LogP contribution in [-0.2, 0) is 6.54 Å². The number of nitrogen functional groups attached to an aromatic ring is 1. The highest BCUT2D eigenvalue weighted by Crippen LogP contribution is 2.30. The van der Waals surface area contributed by atoms with Gasteiger partial charge in [0.15, 0.2) is 0 Å². The second-order valence-corrected chi connectivity index (χ2v) is 6.94. The Morgan fingerprint density at radius 2 is 1.84 bits per heavy atom. The number of hydrogen-bond donors (Lipinski definition) is 1. The first-order valence-corrected chi connectivity index (χ1v) is 8.10. The monoisotopic (exact) mass is 454 g/mol. The highest BCUT2D eigenvalue weighted by atomic mass is 79.9. The van der Waals surface area contributed by atoms with Gasteiger partial charge >= 0.3 is 0 Å². The number of benzene rings is 1. The Morgan fingerprint density at radius 3 is 2.47 bits per heavy atom. The number of rotatable bonds is 3. The Balaban J connectivity index is 0.00000180. The average Bonchev–Trinajstić information content (AvgIpc) is 2.36. The van der Waals surface area contributed by atoms with E-state index in [4.69, 9.17) is 5.73 Å².